The Morgan fingerprint density at radius 1 is 1.15 bits per heavy atom. The predicted molar refractivity (Wildman–Crippen MR) is 98.5 cm³/mol. The number of para-hydroxylation sites is 2. The summed E-state index contributed by atoms with van der Waals surface area (Å²) in [5.74, 6) is 1.25. The van der Waals surface area contributed by atoms with E-state index in [4.69, 9.17) is 9.15 Å². The van der Waals surface area contributed by atoms with Crippen LogP contribution in [0, 0.1) is 24.0 Å². The van der Waals surface area contributed by atoms with Gasteiger partial charge in [-0.25, -0.2) is 0 Å². The van der Waals surface area contributed by atoms with Crippen molar-refractivity contribution in [3.05, 3.63) is 63.7 Å². The molecule has 0 aliphatic carbocycles. The lowest BCUT2D eigenvalue weighted by molar-refractivity contribution is -0.385. The third-order valence-corrected chi connectivity index (χ3v) is 4.29. The van der Waals surface area contributed by atoms with Crippen LogP contribution in [0.5, 0.6) is 5.75 Å². The first-order chi connectivity index (χ1) is 12.5. The van der Waals surface area contributed by atoms with Crippen LogP contribution in [0.1, 0.15) is 11.1 Å². The van der Waals surface area contributed by atoms with Crippen LogP contribution >= 0.6 is 11.8 Å². The van der Waals surface area contributed by atoms with Crippen molar-refractivity contribution >= 4 is 17.4 Å². The second kappa shape index (κ2) is 8.01. The highest BCUT2D eigenvalue weighted by atomic mass is 32.2. The molecule has 1 heterocycles. The molecule has 134 valence electrons. The summed E-state index contributed by atoms with van der Waals surface area (Å²) in [5, 5.41) is 19.5. The van der Waals surface area contributed by atoms with Gasteiger partial charge in [0, 0.05) is 17.4 Å². The fraction of sp³-hybridized carbons (Fsp3) is 0.222. The molecule has 0 radical (unpaired) electrons. The summed E-state index contributed by atoms with van der Waals surface area (Å²) in [6, 6.07) is 12.4. The number of ether oxygens (including phenoxy) is 1. The van der Waals surface area contributed by atoms with E-state index in [0.29, 0.717) is 16.9 Å². The van der Waals surface area contributed by atoms with Gasteiger partial charge in [-0.3, -0.25) is 10.1 Å². The minimum absolute atomic E-state index is 0.0487. The molecule has 3 aromatic rings. The van der Waals surface area contributed by atoms with Crippen molar-refractivity contribution in [1.82, 2.24) is 10.2 Å². The van der Waals surface area contributed by atoms with Gasteiger partial charge in [0.2, 0.25) is 5.89 Å². The lowest BCUT2D eigenvalue weighted by atomic mass is 10.1. The van der Waals surface area contributed by atoms with Crippen LogP contribution in [0.25, 0.3) is 11.5 Å². The summed E-state index contributed by atoms with van der Waals surface area (Å²) in [5.41, 5.74) is 3.10. The molecule has 1 aromatic heterocycles. The number of nitro benzene ring substituents is 1. The number of hydrogen-bond donors (Lipinski definition) is 0. The van der Waals surface area contributed by atoms with Crippen molar-refractivity contribution in [3.63, 3.8) is 0 Å². The molecule has 3 rings (SSSR count). The third kappa shape index (κ3) is 4.40. The van der Waals surface area contributed by atoms with Gasteiger partial charge in [0.05, 0.1) is 11.5 Å². The van der Waals surface area contributed by atoms with Crippen LogP contribution in [0.4, 0.5) is 5.69 Å². The molecule has 8 heteroatoms. The molecule has 0 unspecified atom stereocenters. The van der Waals surface area contributed by atoms with Gasteiger partial charge in [-0.15, -0.1) is 10.2 Å². The summed E-state index contributed by atoms with van der Waals surface area (Å²) < 4.78 is 11.2. The maximum absolute atomic E-state index is 10.9. The number of nitro groups is 1. The molecule has 0 aliphatic rings. The highest BCUT2D eigenvalue weighted by molar-refractivity contribution is 7.99. The summed E-state index contributed by atoms with van der Waals surface area (Å²) in [7, 11) is 0. The van der Waals surface area contributed by atoms with E-state index in [1.807, 2.05) is 26.0 Å². The van der Waals surface area contributed by atoms with Crippen LogP contribution in [-0.4, -0.2) is 27.5 Å². The standard InChI is InChI=1S/C18H17N3O4S/c1-12-9-13(2)11-14(10-12)17-19-20-18(25-17)26-8-7-24-16-6-4-3-5-15(16)21(22)23/h3-6,9-11H,7-8H2,1-2H3. The molecule has 0 atom stereocenters. The van der Waals surface area contributed by atoms with Gasteiger partial charge in [-0.1, -0.05) is 41.1 Å². The topological polar surface area (TPSA) is 91.3 Å². The first kappa shape index (κ1) is 17.9. The lowest BCUT2D eigenvalue weighted by Crippen LogP contribution is -2.02. The van der Waals surface area contributed by atoms with E-state index < -0.39 is 4.92 Å². The Balaban J connectivity index is 1.57. The normalized spacial score (nSPS) is 10.7. The Morgan fingerprint density at radius 2 is 1.88 bits per heavy atom. The predicted octanol–water partition coefficient (Wildman–Crippen LogP) is 4.43. The fourth-order valence-electron chi connectivity index (χ4n) is 2.49. The number of benzene rings is 2. The fourth-order valence-corrected chi connectivity index (χ4v) is 3.07. The molecular weight excluding hydrogens is 354 g/mol. The summed E-state index contributed by atoms with van der Waals surface area (Å²) >= 11 is 1.34. The summed E-state index contributed by atoms with van der Waals surface area (Å²) in [6.07, 6.45) is 0. The van der Waals surface area contributed by atoms with Crippen LogP contribution in [0.15, 0.2) is 52.1 Å². The van der Waals surface area contributed by atoms with Crippen LogP contribution < -0.4 is 4.74 Å². The number of hydrogen-bond acceptors (Lipinski definition) is 7. The highest BCUT2D eigenvalue weighted by Gasteiger charge is 2.14. The van der Waals surface area contributed by atoms with Crippen molar-refractivity contribution < 1.29 is 14.1 Å². The average Bonchev–Trinajstić information content (AvgIpc) is 3.07. The summed E-state index contributed by atoms with van der Waals surface area (Å²) in [6.45, 7) is 4.32. The van der Waals surface area contributed by atoms with E-state index >= 15 is 0 Å². The second-order valence-corrected chi connectivity index (χ2v) is 6.72. The molecule has 7 nitrogen and oxygen atoms in total. The van der Waals surface area contributed by atoms with E-state index in [1.165, 1.54) is 17.8 Å². The largest absolute Gasteiger partial charge is 0.486 e. The molecule has 0 aliphatic heterocycles. The maximum atomic E-state index is 10.9. The van der Waals surface area contributed by atoms with E-state index in [2.05, 4.69) is 16.3 Å². The summed E-state index contributed by atoms with van der Waals surface area (Å²) in [4.78, 5) is 10.5. The van der Waals surface area contributed by atoms with Gasteiger partial charge in [-0.05, 0) is 32.0 Å². The quantitative estimate of drug-likeness (QED) is 0.262. The lowest BCUT2D eigenvalue weighted by Gasteiger charge is -2.05. The minimum atomic E-state index is -0.462. The zero-order valence-electron chi connectivity index (χ0n) is 14.3. The third-order valence-electron chi connectivity index (χ3n) is 3.50. The smallest absolute Gasteiger partial charge is 0.310 e. The van der Waals surface area contributed by atoms with Gasteiger partial charge in [0.1, 0.15) is 0 Å². The van der Waals surface area contributed by atoms with E-state index in [9.17, 15) is 10.1 Å². The Labute approximate surface area is 154 Å². The van der Waals surface area contributed by atoms with Gasteiger partial charge in [0.15, 0.2) is 5.75 Å². The molecule has 0 amide bonds. The van der Waals surface area contributed by atoms with Crippen molar-refractivity contribution in [3.8, 4) is 17.2 Å². The molecular formula is C18H17N3O4S. The van der Waals surface area contributed by atoms with Gasteiger partial charge >= 0.3 is 5.69 Å². The molecule has 2 aromatic carbocycles. The van der Waals surface area contributed by atoms with Crippen LogP contribution in [-0.2, 0) is 0 Å². The minimum Gasteiger partial charge on any atom is -0.486 e. The SMILES string of the molecule is Cc1cc(C)cc(-c2nnc(SCCOc3ccccc3[N+](=O)[O-])o2)c1. The Morgan fingerprint density at radius 3 is 2.62 bits per heavy atom. The van der Waals surface area contributed by atoms with E-state index in [0.717, 1.165) is 16.7 Å². The molecule has 26 heavy (non-hydrogen) atoms. The second-order valence-electron chi connectivity index (χ2n) is 5.67. The first-order valence-electron chi connectivity index (χ1n) is 7.94. The number of aromatic nitrogens is 2. The maximum Gasteiger partial charge on any atom is 0.310 e. The van der Waals surface area contributed by atoms with Crippen LogP contribution in [0.3, 0.4) is 0 Å². The average molecular weight is 371 g/mol. The number of rotatable bonds is 7. The molecule has 0 N–H and O–H groups in total. The first-order valence-corrected chi connectivity index (χ1v) is 8.92. The monoisotopic (exact) mass is 371 g/mol. The van der Waals surface area contributed by atoms with E-state index in [1.54, 1.807) is 18.2 Å². The van der Waals surface area contributed by atoms with Crippen molar-refractivity contribution in [2.24, 2.45) is 0 Å². The van der Waals surface area contributed by atoms with Crippen LogP contribution in [0.2, 0.25) is 0 Å². The highest BCUT2D eigenvalue weighted by Crippen LogP contribution is 2.27. The molecule has 0 saturated heterocycles. The Bertz CT molecular complexity index is 906. The van der Waals surface area contributed by atoms with Crippen molar-refractivity contribution in [2.45, 2.75) is 19.1 Å². The molecule has 0 fully saturated rings. The zero-order valence-corrected chi connectivity index (χ0v) is 15.2. The van der Waals surface area contributed by atoms with Gasteiger partial charge < -0.3 is 9.15 Å². The van der Waals surface area contributed by atoms with Gasteiger partial charge in [-0.2, -0.15) is 0 Å². The van der Waals surface area contributed by atoms with Crippen molar-refractivity contribution in [1.29, 1.82) is 0 Å². The van der Waals surface area contributed by atoms with E-state index in [-0.39, 0.29) is 18.0 Å². The van der Waals surface area contributed by atoms with Gasteiger partial charge in [0.25, 0.3) is 5.22 Å². The Kier molecular flexibility index (Phi) is 5.52. The number of nitrogens with zero attached hydrogens (tertiary/aromatic N) is 3. The zero-order chi connectivity index (χ0) is 18.5. The number of aryl methyl sites for hydroxylation is 2. The van der Waals surface area contributed by atoms with Crippen molar-refractivity contribution in [2.75, 3.05) is 12.4 Å². The Hall–Kier alpha value is -2.87. The number of thioether (sulfide) groups is 1. The molecule has 0 saturated carbocycles. The molecule has 0 bridgehead atoms. The molecule has 0 spiro atoms.